The summed E-state index contributed by atoms with van der Waals surface area (Å²) < 4.78 is 21.7. The van der Waals surface area contributed by atoms with Crippen LogP contribution in [0.5, 0.6) is 0 Å². The maximum absolute atomic E-state index is 12.1. The monoisotopic (exact) mass is 303 g/mol. The number of hydrogen-bond donors (Lipinski definition) is 0. The second kappa shape index (κ2) is 7.42. The lowest BCUT2D eigenvalue weighted by molar-refractivity contribution is -0.171. The van der Waals surface area contributed by atoms with E-state index in [1.54, 1.807) is 19.1 Å². The van der Waals surface area contributed by atoms with Gasteiger partial charge >= 0.3 is 6.09 Å². The van der Waals surface area contributed by atoms with E-state index in [2.05, 4.69) is 6.92 Å². The van der Waals surface area contributed by atoms with E-state index in [9.17, 15) is 4.79 Å². The standard InChI is InChI=1S/C15H29NO5/c1-7-15(20-10-12(18-5)19-6)8-9-16(11-15)13(17)21-14(2,3)4/h12H,7-11H2,1-6H3. The first-order valence-corrected chi connectivity index (χ1v) is 7.43. The van der Waals surface area contributed by atoms with Gasteiger partial charge in [-0.2, -0.15) is 0 Å². The van der Waals surface area contributed by atoms with Crippen LogP contribution >= 0.6 is 0 Å². The minimum Gasteiger partial charge on any atom is -0.444 e. The smallest absolute Gasteiger partial charge is 0.410 e. The third-order valence-corrected chi connectivity index (χ3v) is 3.66. The predicted octanol–water partition coefficient (Wildman–Crippen LogP) is 2.41. The molecule has 6 nitrogen and oxygen atoms in total. The zero-order chi connectivity index (χ0) is 16.1. The van der Waals surface area contributed by atoms with Gasteiger partial charge in [-0.25, -0.2) is 4.79 Å². The van der Waals surface area contributed by atoms with E-state index in [1.165, 1.54) is 0 Å². The Hall–Kier alpha value is -0.850. The topological polar surface area (TPSA) is 57.2 Å². The van der Waals surface area contributed by atoms with Crippen molar-refractivity contribution in [2.45, 2.75) is 58.0 Å². The van der Waals surface area contributed by atoms with Crippen LogP contribution in [0.3, 0.4) is 0 Å². The second-order valence-electron chi connectivity index (χ2n) is 6.40. The molecule has 1 aliphatic heterocycles. The van der Waals surface area contributed by atoms with Crippen LogP contribution in [-0.4, -0.2) is 62.4 Å². The minimum absolute atomic E-state index is 0.281. The van der Waals surface area contributed by atoms with Crippen LogP contribution in [0, 0.1) is 0 Å². The number of nitrogens with zero attached hydrogens (tertiary/aromatic N) is 1. The molecule has 0 spiro atoms. The lowest BCUT2D eigenvalue weighted by Crippen LogP contribution is -2.41. The normalized spacial score (nSPS) is 22.9. The molecule has 0 N–H and O–H groups in total. The molecule has 21 heavy (non-hydrogen) atoms. The molecule has 0 aliphatic carbocycles. The van der Waals surface area contributed by atoms with Crippen molar-refractivity contribution in [1.82, 2.24) is 4.90 Å². The van der Waals surface area contributed by atoms with Gasteiger partial charge in [-0.05, 0) is 33.6 Å². The largest absolute Gasteiger partial charge is 0.444 e. The van der Waals surface area contributed by atoms with Crippen LogP contribution in [-0.2, 0) is 18.9 Å². The van der Waals surface area contributed by atoms with Gasteiger partial charge in [0.15, 0.2) is 6.29 Å². The maximum atomic E-state index is 12.1. The minimum atomic E-state index is -0.480. The van der Waals surface area contributed by atoms with E-state index in [-0.39, 0.29) is 18.0 Å². The highest BCUT2D eigenvalue weighted by molar-refractivity contribution is 5.68. The van der Waals surface area contributed by atoms with Crippen LogP contribution in [0.15, 0.2) is 0 Å². The highest BCUT2D eigenvalue weighted by Crippen LogP contribution is 2.30. The fourth-order valence-electron chi connectivity index (χ4n) is 2.31. The number of rotatable bonds is 6. The van der Waals surface area contributed by atoms with E-state index in [1.807, 2.05) is 20.8 Å². The predicted molar refractivity (Wildman–Crippen MR) is 79.2 cm³/mol. The van der Waals surface area contributed by atoms with Crippen molar-refractivity contribution in [2.24, 2.45) is 0 Å². The molecule has 1 amide bonds. The SMILES string of the molecule is CCC1(OCC(OC)OC)CCN(C(=O)OC(C)(C)C)C1. The fraction of sp³-hybridized carbons (Fsp3) is 0.933. The summed E-state index contributed by atoms with van der Waals surface area (Å²) in [5, 5.41) is 0. The van der Waals surface area contributed by atoms with Crippen molar-refractivity contribution in [3.8, 4) is 0 Å². The first kappa shape index (κ1) is 18.2. The lowest BCUT2D eigenvalue weighted by Gasteiger charge is -2.30. The third-order valence-electron chi connectivity index (χ3n) is 3.66. The van der Waals surface area contributed by atoms with Crippen LogP contribution in [0.2, 0.25) is 0 Å². The van der Waals surface area contributed by atoms with Crippen molar-refractivity contribution < 1.29 is 23.7 Å². The van der Waals surface area contributed by atoms with Gasteiger partial charge in [-0.15, -0.1) is 0 Å². The average molecular weight is 303 g/mol. The average Bonchev–Trinajstić information content (AvgIpc) is 2.83. The molecule has 0 aromatic carbocycles. The van der Waals surface area contributed by atoms with Gasteiger partial charge in [0.05, 0.1) is 18.8 Å². The molecule has 1 fully saturated rings. The molecule has 0 bridgehead atoms. The molecule has 6 heteroatoms. The molecule has 1 unspecified atom stereocenters. The lowest BCUT2D eigenvalue weighted by atomic mass is 10.00. The second-order valence-corrected chi connectivity index (χ2v) is 6.40. The summed E-state index contributed by atoms with van der Waals surface area (Å²) in [6.45, 7) is 9.20. The molecule has 1 aliphatic rings. The van der Waals surface area contributed by atoms with Gasteiger partial charge in [0.1, 0.15) is 5.60 Å². The highest BCUT2D eigenvalue weighted by Gasteiger charge is 2.41. The number of hydrogen-bond acceptors (Lipinski definition) is 5. The van der Waals surface area contributed by atoms with Gasteiger partial charge in [0.25, 0.3) is 0 Å². The number of amides is 1. The zero-order valence-corrected chi connectivity index (χ0v) is 14.1. The van der Waals surface area contributed by atoms with Crippen molar-refractivity contribution in [3.63, 3.8) is 0 Å². The quantitative estimate of drug-likeness (QED) is 0.705. The summed E-state index contributed by atoms with van der Waals surface area (Å²) in [6.07, 6.45) is 0.954. The van der Waals surface area contributed by atoms with Crippen LogP contribution in [0.25, 0.3) is 0 Å². The summed E-state index contributed by atoms with van der Waals surface area (Å²) in [5.41, 5.74) is -0.821. The Balaban J connectivity index is 2.57. The Morgan fingerprint density at radius 2 is 1.90 bits per heavy atom. The van der Waals surface area contributed by atoms with Crippen LogP contribution in [0.4, 0.5) is 4.79 Å². The Morgan fingerprint density at radius 1 is 1.29 bits per heavy atom. The number of likely N-dealkylation sites (tertiary alicyclic amines) is 1. The summed E-state index contributed by atoms with van der Waals surface area (Å²) in [7, 11) is 3.16. The van der Waals surface area contributed by atoms with Crippen molar-refractivity contribution in [1.29, 1.82) is 0 Å². The number of carbonyl (C=O) groups excluding carboxylic acids is 1. The molecule has 0 aromatic rings. The Bertz CT molecular complexity index is 337. The van der Waals surface area contributed by atoms with Crippen molar-refractivity contribution in [3.05, 3.63) is 0 Å². The molecule has 0 radical (unpaired) electrons. The Kier molecular flexibility index (Phi) is 6.43. The van der Waals surface area contributed by atoms with Crippen LogP contribution < -0.4 is 0 Å². The van der Waals surface area contributed by atoms with Gasteiger partial charge in [-0.3, -0.25) is 0 Å². The summed E-state index contributed by atoms with van der Waals surface area (Å²) >= 11 is 0. The molecule has 0 saturated carbocycles. The number of ether oxygens (including phenoxy) is 4. The first-order valence-electron chi connectivity index (χ1n) is 7.43. The fourth-order valence-corrected chi connectivity index (χ4v) is 2.31. The molecule has 1 heterocycles. The first-order chi connectivity index (χ1) is 9.75. The Morgan fingerprint density at radius 3 is 2.38 bits per heavy atom. The molecule has 1 atom stereocenters. The van der Waals surface area contributed by atoms with E-state index in [0.717, 1.165) is 12.8 Å². The van der Waals surface area contributed by atoms with Gasteiger partial charge < -0.3 is 23.8 Å². The summed E-state index contributed by atoms with van der Waals surface area (Å²) in [6, 6.07) is 0. The van der Waals surface area contributed by atoms with Crippen molar-refractivity contribution in [2.75, 3.05) is 33.9 Å². The summed E-state index contributed by atoms with van der Waals surface area (Å²) in [5.74, 6) is 0. The van der Waals surface area contributed by atoms with E-state index < -0.39 is 5.60 Å². The maximum Gasteiger partial charge on any atom is 0.410 e. The summed E-state index contributed by atoms with van der Waals surface area (Å²) in [4.78, 5) is 13.8. The van der Waals surface area contributed by atoms with Gasteiger partial charge in [0.2, 0.25) is 0 Å². The number of carbonyl (C=O) groups is 1. The van der Waals surface area contributed by atoms with Gasteiger partial charge in [0, 0.05) is 20.8 Å². The highest BCUT2D eigenvalue weighted by atomic mass is 16.7. The van der Waals surface area contributed by atoms with Crippen molar-refractivity contribution >= 4 is 6.09 Å². The molecular formula is C15H29NO5. The molecule has 124 valence electrons. The van der Waals surface area contributed by atoms with E-state index in [4.69, 9.17) is 18.9 Å². The Labute approximate surface area is 127 Å². The molecular weight excluding hydrogens is 274 g/mol. The van der Waals surface area contributed by atoms with Gasteiger partial charge in [-0.1, -0.05) is 6.92 Å². The third kappa shape index (κ3) is 5.45. The molecule has 1 saturated heterocycles. The number of methoxy groups -OCH3 is 2. The zero-order valence-electron chi connectivity index (χ0n) is 14.1. The molecule has 1 rings (SSSR count). The van der Waals surface area contributed by atoms with Crippen LogP contribution in [0.1, 0.15) is 40.5 Å². The van der Waals surface area contributed by atoms with E-state index >= 15 is 0 Å². The van der Waals surface area contributed by atoms with E-state index in [0.29, 0.717) is 19.7 Å². The molecule has 0 aromatic heterocycles.